The number of aryl methyl sites for hydroxylation is 1. The highest BCUT2D eigenvalue weighted by molar-refractivity contribution is 5.50. The van der Waals surface area contributed by atoms with E-state index >= 15 is 0 Å². The highest BCUT2D eigenvalue weighted by Gasteiger charge is 2.19. The minimum atomic E-state index is 0.401. The van der Waals surface area contributed by atoms with Crippen LogP contribution in [0.3, 0.4) is 0 Å². The van der Waals surface area contributed by atoms with E-state index < -0.39 is 0 Å². The van der Waals surface area contributed by atoms with Crippen LogP contribution in [0.15, 0.2) is 41.2 Å². The van der Waals surface area contributed by atoms with Crippen molar-refractivity contribution in [2.75, 3.05) is 41.3 Å². The number of piperazine rings is 1. The third-order valence-corrected chi connectivity index (χ3v) is 3.99. The Morgan fingerprint density at radius 3 is 2.56 bits per heavy atom. The smallest absolute Gasteiger partial charge is 0.250 e. The van der Waals surface area contributed by atoms with Crippen molar-refractivity contribution in [3.63, 3.8) is 0 Å². The fraction of sp³-hybridized carbons (Fsp3) is 0.312. The minimum absolute atomic E-state index is 0.401. The number of anilines is 4. The largest absolute Gasteiger partial charge is 0.360 e. The van der Waals surface area contributed by atoms with Crippen molar-refractivity contribution in [1.82, 2.24) is 25.3 Å². The summed E-state index contributed by atoms with van der Waals surface area (Å²) in [6.45, 7) is 5.28. The summed E-state index contributed by atoms with van der Waals surface area (Å²) in [5, 5.41) is 14.9. The lowest BCUT2D eigenvalue weighted by atomic mass is 10.3. The highest BCUT2D eigenvalue weighted by atomic mass is 16.5. The second-order valence-corrected chi connectivity index (χ2v) is 5.75. The van der Waals surface area contributed by atoms with Crippen LogP contribution in [0.25, 0.3) is 0 Å². The summed E-state index contributed by atoms with van der Waals surface area (Å²) in [6.07, 6.45) is 3.50. The number of nitrogens with one attached hydrogen (secondary N) is 1. The van der Waals surface area contributed by atoms with Crippen molar-refractivity contribution in [3.8, 4) is 0 Å². The third-order valence-electron chi connectivity index (χ3n) is 3.99. The average molecular weight is 338 g/mol. The molecule has 0 amide bonds. The Hall–Kier alpha value is -3.23. The van der Waals surface area contributed by atoms with E-state index in [1.165, 1.54) is 0 Å². The summed E-state index contributed by atoms with van der Waals surface area (Å²) < 4.78 is 5.03. The Morgan fingerprint density at radius 1 is 1.08 bits per heavy atom. The Bertz CT molecular complexity index is 829. The molecule has 9 heteroatoms. The van der Waals surface area contributed by atoms with Crippen LogP contribution in [0.1, 0.15) is 5.76 Å². The van der Waals surface area contributed by atoms with Crippen molar-refractivity contribution in [3.05, 3.63) is 42.4 Å². The number of aromatic nitrogens is 5. The summed E-state index contributed by atoms with van der Waals surface area (Å²) in [6, 6.07) is 7.75. The molecule has 9 nitrogen and oxygen atoms in total. The van der Waals surface area contributed by atoms with Crippen molar-refractivity contribution in [2.45, 2.75) is 6.92 Å². The fourth-order valence-electron chi connectivity index (χ4n) is 2.75. The second kappa shape index (κ2) is 6.71. The van der Waals surface area contributed by atoms with E-state index in [1.54, 1.807) is 12.3 Å². The molecule has 4 heterocycles. The van der Waals surface area contributed by atoms with E-state index in [1.807, 2.05) is 31.3 Å². The average Bonchev–Trinajstić information content (AvgIpc) is 3.07. The van der Waals surface area contributed by atoms with Crippen LogP contribution in [-0.2, 0) is 0 Å². The molecule has 1 aliphatic rings. The lowest BCUT2D eigenvalue weighted by molar-refractivity contribution is 0.400. The maximum atomic E-state index is 5.03. The van der Waals surface area contributed by atoms with Gasteiger partial charge in [-0.15, -0.1) is 5.10 Å². The molecule has 3 aromatic rings. The molecule has 1 N–H and O–H groups in total. The zero-order valence-corrected chi connectivity index (χ0v) is 13.8. The van der Waals surface area contributed by atoms with E-state index in [0.717, 1.165) is 43.6 Å². The molecule has 128 valence electrons. The van der Waals surface area contributed by atoms with Gasteiger partial charge in [-0.05, 0) is 19.1 Å². The normalized spacial score (nSPS) is 14.6. The van der Waals surface area contributed by atoms with Crippen molar-refractivity contribution in [1.29, 1.82) is 0 Å². The van der Waals surface area contributed by atoms with Gasteiger partial charge in [0.15, 0.2) is 11.6 Å². The summed E-state index contributed by atoms with van der Waals surface area (Å²) in [5.74, 6) is 3.48. The third kappa shape index (κ3) is 3.49. The molecule has 0 unspecified atom stereocenters. The Kier molecular flexibility index (Phi) is 4.11. The first-order valence-corrected chi connectivity index (χ1v) is 8.09. The monoisotopic (exact) mass is 338 g/mol. The molecule has 0 bridgehead atoms. The molecular weight excluding hydrogens is 320 g/mol. The Labute approximate surface area is 144 Å². The summed E-state index contributed by atoms with van der Waals surface area (Å²) >= 11 is 0. The number of hydrogen-bond donors (Lipinski definition) is 1. The molecule has 0 aromatic carbocycles. The molecule has 25 heavy (non-hydrogen) atoms. The van der Waals surface area contributed by atoms with E-state index in [4.69, 9.17) is 4.52 Å². The highest BCUT2D eigenvalue weighted by Crippen LogP contribution is 2.18. The van der Waals surface area contributed by atoms with Crippen LogP contribution < -0.4 is 15.1 Å². The van der Waals surface area contributed by atoms with E-state index in [2.05, 4.69) is 40.4 Å². The zero-order chi connectivity index (χ0) is 17.1. The molecule has 0 spiro atoms. The number of hydrogen-bond acceptors (Lipinski definition) is 9. The van der Waals surface area contributed by atoms with Gasteiger partial charge in [0.05, 0.1) is 6.20 Å². The second-order valence-electron chi connectivity index (χ2n) is 5.75. The van der Waals surface area contributed by atoms with Crippen LogP contribution in [0, 0.1) is 6.92 Å². The summed E-state index contributed by atoms with van der Waals surface area (Å²) in [7, 11) is 0. The molecule has 0 aliphatic carbocycles. The topological polar surface area (TPSA) is 96.1 Å². The standard InChI is InChI=1S/C16H18N8O/c1-12-10-13(22-25-12)19-16-20-15(11-18-21-16)24-8-6-23(7-9-24)14-4-2-3-5-17-14/h2-5,10-11H,6-9H2,1H3,(H,19,20,21,22). The molecule has 0 radical (unpaired) electrons. The van der Waals surface area contributed by atoms with Gasteiger partial charge in [0.25, 0.3) is 0 Å². The van der Waals surface area contributed by atoms with E-state index in [-0.39, 0.29) is 0 Å². The van der Waals surface area contributed by atoms with Crippen molar-refractivity contribution < 1.29 is 4.52 Å². The first-order chi connectivity index (χ1) is 12.3. The van der Waals surface area contributed by atoms with Crippen LogP contribution in [0.4, 0.5) is 23.4 Å². The van der Waals surface area contributed by atoms with Crippen molar-refractivity contribution >= 4 is 23.4 Å². The summed E-state index contributed by atoms with van der Waals surface area (Å²) in [5.41, 5.74) is 0. The summed E-state index contributed by atoms with van der Waals surface area (Å²) in [4.78, 5) is 13.4. The molecule has 1 fully saturated rings. The van der Waals surface area contributed by atoms with Crippen LogP contribution in [0.5, 0.6) is 0 Å². The number of pyridine rings is 1. The Morgan fingerprint density at radius 2 is 1.88 bits per heavy atom. The van der Waals surface area contributed by atoms with E-state index in [0.29, 0.717) is 11.8 Å². The molecule has 4 rings (SSSR count). The van der Waals surface area contributed by atoms with Gasteiger partial charge in [-0.2, -0.15) is 10.1 Å². The van der Waals surface area contributed by atoms with Gasteiger partial charge in [0.1, 0.15) is 11.6 Å². The van der Waals surface area contributed by atoms with Gasteiger partial charge in [-0.25, -0.2) is 4.98 Å². The predicted octanol–water partition coefficient (Wildman–Crippen LogP) is 1.63. The first kappa shape index (κ1) is 15.3. The maximum absolute atomic E-state index is 5.03. The number of rotatable bonds is 4. The van der Waals surface area contributed by atoms with Crippen LogP contribution in [-0.4, -0.2) is 51.5 Å². The van der Waals surface area contributed by atoms with E-state index in [9.17, 15) is 0 Å². The first-order valence-electron chi connectivity index (χ1n) is 8.09. The van der Waals surface area contributed by atoms with Gasteiger partial charge in [-0.1, -0.05) is 11.2 Å². The Balaban J connectivity index is 1.42. The molecule has 1 saturated heterocycles. The molecule has 1 aliphatic heterocycles. The van der Waals surface area contributed by atoms with Gasteiger partial charge < -0.3 is 19.6 Å². The number of nitrogens with zero attached hydrogens (tertiary/aromatic N) is 7. The van der Waals surface area contributed by atoms with Crippen molar-refractivity contribution in [2.24, 2.45) is 0 Å². The zero-order valence-electron chi connectivity index (χ0n) is 13.8. The van der Waals surface area contributed by atoms with Gasteiger partial charge in [-0.3, -0.25) is 0 Å². The fourth-order valence-corrected chi connectivity index (χ4v) is 2.75. The molecular formula is C16H18N8O. The van der Waals surface area contributed by atoms with Crippen LogP contribution >= 0.6 is 0 Å². The van der Waals surface area contributed by atoms with Gasteiger partial charge >= 0.3 is 0 Å². The molecule has 0 atom stereocenters. The predicted molar refractivity (Wildman–Crippen MR) is 93.0 cm³/mol. The lowest BCUT2D eigenvalue weighted by Crippen LogP contribution is -2.47. The minimum Gasteiger partial charge on any atom is -0.360 e. The maximum Gasteiger partial charge on any atom is 0.250 e. The molecule has 0 saturated carbocycles. The quantitative estimate of drug-likeness (QED) is 0.761. The lowest BCUT2D eigenvalue weighted by Gasteiger charge is -2.35. The molecule has 3 aromatic heterocycles. The van der Waals surface area contributed by atoms with Gasteiger partial charge in [0, 0.05) is 38.4 Å². The van der Waals surface area contributed by atoms with Crippen LogP contribution in [0.2, 0.25) is 0 Å². The SMILES string of the molecule is Cc1cc(Nc2nncc(N3CCN(c4ccccn4)CC3)n2)no1. The van der Waals surface area contributed by atoms with Gasteiger partial charge in [0.2, 0.25) is 5.95 Å².